The summed E-state index contributed by atoms with van der Waals surface area (Å²) in [5.41, 5.74) is 1.07. The first-order valence-electron chi connectivity index (χ1n) is 7.05. The molecule has 1 heterocycles. The van der Waals surface area contributed by atoms with Gasteiger partial charge in [0.05, 0.1) is 0 Å². The molecule has 0 saturated carbocycles. The lowest BCUT2D eigenvalue weighted by Gasteiger charge is -2.20. The van der Waals surface area contributed by atoms with E-state index >= 15 is 0 Å². The van der Waals surface area contributed by atoms with E-state index in [-0.39, 0.29) is 0 Å². The fourth-order valence-electron chi connectivity index (χ4n) is 2.28. The highest BCUT2D eigenvalue weighted by Crippen LogP contribution is 2.24. The van der Waals surface area contributed by atoms with Crippen molar-refractivity contribution >= 4 is 11.6 Å². The summed E-state index contributed by atoms with van der Waals surface area (Å²) in [5.74, 6) is 1.66. The second kappa shape index (κ2) is 6.41. The van der Waals surface area contributed by atoms with Crippen LogP contribution < -0.4 is 5.32 Å². The number of para-hydroxylation sites is 1. The highest BCUT2D eigenvalue weighted by atomic mass is 15.2. The first kappa shape index (κ1) is 13.7. The molecule has 1 aromatic carbocycles. The summed E-state index contributed by atoms with van der Waals surface area (Å²) in [5, 5.41) is 3.38. The van der Waals surface area contributed by atoms with Gasteiger partial charge in [-0.2, -0.15) is 0 Å². The maximum absolute atomic E-state index is 4.42. The number of benzene rings is 1. The summed E-state index contributed by atoms with van der Waals surface area (Å²) < 4.78 is 2.22. The summed E-state index contributed by atoms with van der Waals surface area (Å²) in [6.07, 6.45) is 6.31. The number of anilines is 2. The average Bonchev–Trinajstić information content (AvgIpc) is 2.88. The fourth-order valence-corrected chi connectivity index (χ4v) is 2.28. The molecule has 2 rings (SSSR count). The van der Waals surface area contributed by atoms with Crippen molar-refractivity contribution in [1.82, 2.24) is 9.55 Å². The van der Waals surface area contributed by atoms with Crippen molar-refractivity contribution in [3.8, 4) is 0 Å². The third-order valence-electron chi connectivity index (χ3n) is 3.61. The molecule has 0 aliphatic carbocycles. The van der Waals surface area contributed by atoms with Crippen LogP contribution in [0.25, 0.3) is 0 Å². The van der Waals surface area contributed by atoms with Crippen molar-refractivity contribution in [3.05, 3.63) is 42.7 Å². The van der Waals surface area contributed by atoms with Crippen LogP contribution in [0.4, 0.5) is 11.6 Å². The highest BCUT2D eigenvalue weighted by Gasteiger charge is 2.12. The molecule has 102 valence electrons. The highest BCUT2D eigenvalue weighted by molar-refractivity contribution is 5.53. The topological polar surface area (TPSA) is 29.9 Å². The van der Waals surface area contributed by atoms with E-state index in [1.54, 1.807) is 0 Å². The van der Waals surface area contributed by atoms with E-state index in [2.05, 4.69) is 54.0 Å². The summed E-state index contributed by atoms with van der Waals surface area (Å²) in [7, 11) is 0. The standard InChI is InChI=1S/C16H23N3/c1-4-13(2)12-14(3)19-11-10-17-16(19)18-15-8-6-5-7-9-15/h5-11,13-14H,4,12H2,1-3H3,(H,17,18). The number of hydrogen-bond donors (Lipinski definition) is 1. The van der Waals surface area contributed by atoms with Crippen LogP contribution in [0, 0.1) is 5.92 Å². The zero-order valence-electron chi connectivity index (χ0n) is 12.0. The molecule has 1 aromatic heterocycles. The molecule has 3 nitrogen and oxygen atoms in total. The van der Waals surface area contributed by atoms with Gasteiger partial charge in [-0.1, -0.05) is 38.5 Å². The van der Waals surface area contributed by atoms with Crippen molar-refractivity contribution < 1.29 is 0 Å². The van der Waals surface area contributed by atoms with Gasteiger partial charge < -0.3 is 9.88 Å². The molecule has 2 unspecified atom stereocenters. The third kappa shape index (κ3) is 3.60. The van der Waals surface area contributed by atoms with Gasteiger partial charge in [0.2, 0.25) is 5.95 Å². The first-order valence-corrected chi connectivity index (χ1v) is 7.05. The lowest BCUT2D eigenvalue weighted by atomic mass is 10.0. The minimum atomic E-state index is 0.462. The number of imidazole rings is 1. The largest absolute Gasteiger partial charge is 0.326 e. The molecular weight excluding hydrogens is 234 g/mol. The Morgan fingerprint density at radius 1 is 1.21 bits per heavy atom. The van der Waals surface area contributed by atoms with Gasteiger partial charge in [0.1, 0.15) is 0 Å². The van der Waals surface area contributed by atoms with Crippen LogP contribution in [0.15, 0.2) is 42.7 Å². The van der Waals surface area contributed by atoms with Gasteiger partial charge in [-0.05, 0) is 31.4 Å². The number of nitrogens with zero attached hydrogens (tertiary/aromatic N) is 2. The van der Waals surface area contributed by atoms with Crippen LogP contribution >= 0.6 is 0 Å². The molecule has 0 fully saturated rings. The van der Waals surface area contributed by atoms with Crippen LogP contribution in [0.2, 0.25) is 0 Å². The molecule has 2 atom stereocenters. The van der Waals surface area contributed by atoms with Crippen LogP contribution in [0.1, 0.15) is 39.7 Å². The molecule has 0 amide bonds. The molecular formula is C16H23N3. The van der Waals surface area contributed by atoms with Crippen molar-refractivity contribution in [3.63, 3.8) is 0 Å². The molecule has 2 aromatic rings. The molecule has 0 saturated heterocycles. The predicted octanol–water partition coefficient (Wildman–Crippen LogP) is 4.62. The maximum atomic E-state index is 4.42. The lowest BCUT2D eigenvalue weighted by Crippen LogP contribution is -2.11. The maximum Gasteiger partial charge on any atom is 0.207 e. The smallest absolute Gasteiger partial charge is 0.207 e. The molecule has 0 bridgehead atoms. The van der Waals surface area contributed by atoms with Crippen molar-refractivity contribution in [2.45, 2.75) is 39.7 Å². The van der Waals surface area contributed by atoms with Crippen molar-refractivity contribution in [2.75, 3.05) is 5.32 Å². The van der Waals surface area contributed by atoms with Crippen LogP contribution in [-0.4, -0.2) is 9.55 Å². The van der Waals surface area contributed by atoms with Crippen LogP contribution in [0.3, 0.4) is 0 Å². The molecule has 0 spiro atoms. The average molecular weight is 257 g/mol. The van der Waals surface area contributed by atoms with E-state index in [0.717, 1.165) is 17.6 Å². The molecule has 0 radical (unpaired) electrons. The van der Waals surface area contributed by atoms with E-state index < -0.39 is 0 Å². The molecule has 0 aliphatic heterocycles. The van der Waals surface area contributed by atoms with Gasteiger partial charge in [-0.15, -0.1) is 0 Å². The van der Waals surface area contributed by atoms with Gasteiger partial charge in [-0.25, -0.2) is 4.98 Å². The number of aromatic nitrogens is 2. The summed E-state index contributed by atoms with van der Waals surface area (Å²) >= 11 is 0. The van der Waals surface area contributed by atoms with E-state index in [4.69, 9.17) is 0 Å². The predicted molar refractivity (Wildman–Crippen MR) is 80.7 cm³/mol. The first-order chi connectivity index (χ1) is 9.20. The monoisotopic (exact) mass is 257 g/mol. The number of hydrogen-bond acceptors (Lipinski definition) is 2. The normalized spacial score (nSPS) is 14.1. The van der Waals surface area contributed by atoms with Gasteiger partial charge >= 0.3 is 0 Å². The van der Waals surface area contributed by atoms with Gasteiger partial charge in [0, 0.05) is 24.1 Å². The van der Waals surface area contributed by atoms with E-state index in [1.807, 2.05) is 24.4 Å². The minimum absolute atomic E-state index is 0.462. The second-order valence-electron chi connectivity index (χ2n) is 5.25. The van der Waals surface area contributed by atoms with E-state index in [9.17, 15) is 0 Å². The molecule has 19 heavy (non-hydrogen) atoms. The summed E-state index contributed by atoms with van der Waals surface area (Å²) in [6, 6.07) is 10.6. The number of nitrogens with one attached hydrogen (secondary N) is 1. The Kier molecular flexibility index (Phi) is 4.61. The van der Waals surface area contributed by atoms with Crippen LogP contribution in [0.5, 0.6) is 0 Å². The Hall–Kier alpha value is -1.77. The van der Waals surface area contributed by atoms with Gasteiger partial charge in [0.15, 0.2) is 0 Å². The molecule has 1 N–H and O–H groups in total. The van der Waals surface area contributed by atoms with Crippen molar-refractivity contribution in [2.24, 2.45) is 5.92 Å². The minimum Gasteiger partial charge on any atom is -0.326 e. The van der Waals surface area contributed by atoms with Gasteiger partial charge in [0.25, 0.3) is 0 Å². The van der Waals surface area contributed by atoms with E-state index in [0.29, 0.717) is 6.04 Å². The third-order valence-corrected chi connectivity index (χ3v) is 3.61. The van der Waals surface area contributed by atoms with E-state index in [1.165, 1.54) is 12.8 Å². The quantitative estimate of drug-likeness (QED) is 0.818. The Bertz CT molecular complexity index is 490. The lowest BCUT2D eigenvalue weighted by molar-refractivity contribution is 0.401. The Morgan fingerprint density at radius 3 is 2.63 bits per heavy atom. The summed E-state index contributed by atoms with van der Waals surface area (Å²) in [4.78, 5) is 4.42. The molecule has 3 heteroatoms. The zero-order chi connectivity index (χ0) is 13.7. The van der Waals surface area contributed by atoms with Gasteiger partial charge in [-0.3, -0.25) is 0 Å². The Morgan fingerprint density at radius 2 is 1.95 bits per heavy atom. The Balaban J connectivity index is 2.09. The molecule has 0 aliphatic rings. The number of rotatable bonds is 6. The fraction of sp³-hybridized carbons (Fsp3) is 0.438. The van der Waals surface area contributed by atoms with Crippen LogP contribution in [-0.2, 0) is 0 Å². The van der Waals surface area contributed by atoms with Crippen molar-refractivity contribution in [1.29, 1.82) is 0 Å². The second-order valence-corrected chi connectivity index (χ2v) is 5.25. The SMILES string of the molecule is CCC(C)CC(C)n1ccnc1Nc1ccccc1. The Labute approximate surface area is 115 Å². The zero-order valence-corrected chi connectivity index (χ0v) is 12.0. The summed E-state index contributed by atoms with van der Waals surface area (Å²) in [6.45, 7) is 6.80.